The van der Waals surface area contributed by atoms with Crippen LogP contribution in [0.1, 0.15) is 35.2 Å². The van der Waals surface area contributed by atoms with Gasteiger partial charge in [0.15, 0.2) is 0 Å². The highest BCUT2D eigenvalue weighted by molar-refractivity contribution is 9.10. The third kappa shape index (κ3) is 3.62. The topological polar surface area (TPSA) is 35.2 Å². The Labute approximate surface area is 129 Å². The van der Waals surface area contributed by atoms with Crippen molar-refractivity contribution in [2.24, 2.45) is 5.73 Å². The van der Waals surface area contributed by atoms with Crippen LogP contribution in [0.5, 0.6) is 5.75 Å². The van der Waals surface area contributed by atoms with Crippen LogP contribution in [0.15, 0.2) is 40.9 Å². The van der Waals surface area contributed by atoms with Crippen LogP contribution in [-0.2, 0) is 6.61 Å². The Balaban J connectivity index is 2.20. The number of halogens is 1. The van der Waals surface area contributed by atoms with E-state index in [4.69, 9.17) is 10.5 Å². The lowest BCUT2D eigenvalue weighted by molar-refractivity contribution is 0.300. The van der Waals surface area contributed by atoms with Crippen LogP contribution in [0, 0.1) is 13.8 Å². The summed E-state index contributed by atoms with van der Waals surface area (Å²) in [4.78, 5) is 0. The van der Waals surface area contributed by atoms with E-state index in [0.29, 0.717) is 6.61 Å². The molecular weight excluding hydrogens is 314 g/mol. The normalized spacial score (nSPS) is 12.2. The van der Waals surface area contributed by atoms with E-state index >= 15 is 0 Å². The predicted octanol–water partition coefficient (Wildman–Crippen LogP) is 4.66. The quantitative estimate of drug-likeness (QED) is 0.882. The van der Waals surface area contributed by atoms with E-state index in [0.717, 1.165) is 15.8 Å². The molecule has 0 radical (unpaired) electrons. The Kier molecular flexibility index (Phi) is 4.84. The molecule has 0 fully saturated rings. The van der Waals surface area contributed by atoms with Gasteiger partial charge in [-0.05, 0) is 50.1 Å². The fourth-order valence-electron chi connectivity index (χ4n) is 2.12. The zero-order valence-electron chi connectivity index (χ0n) is 12.1. The van der Waals surface area contributed by atoms with Gasteiger partial charge < -0.3 is 10.5 Å². The lowest BCUT2D eigenvalue weighted by Gasteiger charge is -2.15. The van der Waals surface area contributed by atoms with Gasteiger partial charge in [-0.1, -0.05) is 39.7 Å². The number of benzene rings is 2. The van der Waals surface area contributed by atoms with E-state index in [1.807, 2.05) is 25.1 Å². The van der Waals surface area contributed by atoms with Crippen LogP contribution in [0.3, 0.4) is 0 Å². The summed E-state index contributed by atoms with van der Waals surface area (Å²) in [5.41, 5.74) is 10.7. The average Bonchev–Trinajstić information content (AvgIpc) is 2.40. The van der Waals surface area contributed by atoms with Crippen molar-refractivity contribution >= 4 is 15.9 Å². The SMILES string of the molecule is Cc1ccc(C)c(COc2ccc(Br)cc2[C@@H](C)N)c1. The Bertz CT molecular complexity index is 608. The minimum atomic E-state index is -0.0545. The summed E-state index contributed by atoms with van der Waals surface area (Å²) in [5.74, 6) is 0.851. The molecule has 1 atom stereocenters. The van der Waals surface area contributed by atoms with Crippen LogP contribution < -0.4 is 10.5 Å². The van der Waals surface area contributed by atoms with Crippen molar-refractivity contribution in [1.29, 1.82) is 0 Å². The summed E-state index contributed by atoms with van der Waals surface area (Å²) in [7, 11) is 0. The van der Waals surface area contributed by atoms with Crippen molar-refractivity contribution in [3.63, 3.8) is 0 Å². The third-order valence-electron chi connectivity index (χ3n) is 3.35. The number of hydrogen-bond acceptors (Lipinski definition) is 2. The summed E-state index contributed by atoms with van der Waals surface area (Å²) >= 11 is 3.47. The van der Waals surface area contributed by atoms with E-state index in [9.17, 15) is 0 Å². The molecule has 0 aliphatic rings. The molecule has 0 saturated heterocycles. The lowest BCUT2D eigenvalue weighted by atomic mass is 10.1. The van der Waals surface area contributed by atoms with Gasteiger partial charge in [-0.15, -0.1) is 0 Å². The van der Waals surface area contributed by atoms with Gasteiger partial charge in [0.2, 0.25) is 0 Å². The highest BCUT2D eigenvalue weighted by Gasteiger charge is 2.09. The van der Waals surface area contributed by atoms with Gasteiger partial charge >= 0.3 is 0 Å². The minimum absolute atomic E-state index is 0.0545. The van der Waals surface area contributed by atoms with Gasteiger partial charge in [-0.2, -0.15) is 0 Å². The monoisotopic (exact) mass is 333 g/mol. The summed E-state index contributed by atoms with van der Waals surface area (Å²) in [6, 6.07) is 12.3. The van der Waals surface area contributed by atoms with E-state index in [1.54, 1.807) is 0 Å². The van der Waals surface area contributed by atoms with Crippen molar-refractivity contribution in [3.05, 3.63) is 63.1 Å². The van der Waals surface area contributed by atoms with Gasteiger partial charge in [-0.25, -0.2) is 0 Å². The first kappa shape index (κ1) is 15.1. The standard InChI is InChI=1S/C17H20BrNO/c1-11-4-5-12(2)14(8-11)10-20-17-7-6-15(18)9-16(17)13(3)19/h4-9,13H,10,19H2,1-3H3/t13-/m1/s1. The molecule has 2 aromatic rings. The van der Waals surface area contributed by atoms with Crippen molar-refractivity contribution in [1.82, 2.24) is 0 Å². The summed E-state index contributed by atoms with van der Waals surface area (Å²) in [6.45, 7) is 6.73. The maximum absolute atomic E-state index is 6.01. The van der Waals surface area contributed by atoms with Gasteiger partial charge in [0.1, 0.15) is 12.4 Å². The van der Waals surface area contributed by atoms with E-state index < -0.39 is 0 Å². The Hall–Kier alpha value is -1.32. The van der Waals surface area contributed by atoms with Crippen LogP contribution in [0.25, 0.3) is 0 Å². The van der Waals surface area contributed by atoms with E-state index in [-0.39, 0.29) is 6.04 Å². The van der Waals surface area contributed by atoms with Crippen LogP contribution in [0.2, 0.25) is 0 Å². The van der Waals surface area contributed by atoms with Crippen molar-refractivity contribution < 1.29 is 4.74 Å². The molecule has 2 aromatic carbocycles. The fourth-order valence-corrected chi connectivity index (χ4v) is 2.50. The summed E-state index contributed by atoms with van der Waals surface area (Å²) < 4.78 is 6.99. The molecule has 0 heterocycles. The zero-order chi connectivity index (χ0) is 14.7. The molecule has 20 heavy (non-hydrogen) atoms. The predicted molar refractivity (Wildman–Crippen MR) is 87.0 cm³/mol. The second kappa shape index (κ2) is 6.42. The molecule has 2 N–H and O–H groups in total. The molecule has 0 aliphatic carbocycles. The van der Waals surface area contributed by atoms with Gasteiger partial charge in [0.25, 0.3) is 0 Å². The number of hydrogen-bond donors (Lipinski definition) is 1. The molecule has 2 nitrogen and oxygen atoms in total. The Morgan fingerprint density at radius 3 is 2.60 bits per heavy atom. The zero-order valence-corrected chi connectivity index (χ0v) is 13.7. The smallest absolute Gasteiger partial charge is 0.124 e. The maximum Gasteiger partial charge on any atom is 0.124 e. The van der Waals surface area contributed by atoms with Gasteiger partial charge in [-0.3, -0.25) is 0 Å². The van der Waals surface area contributed by atoms with Crippen molar-refractivity contribution in [2.45, 2.75) is 33.4 Å². The van der Waals surface area contributed by atoms with Crippen molar-refractivity contribution in [3.8, 4) is 5.75 Å². The van der Waals surface area contributed by atoms with Crippen LogP contribution in [-0.4, -0.2) is 0 Å². The van der Waals surface area contributed by atoms with Crippen molar-refractivity contribution in [2.75, 3.05) is 0 Å². The number of nitrogens with two attached hydrogens (primary N) is 1. The molecule has 0 aliphatic heterocycles. The number of rotatable bonds is 4. The number of ether oxygens (including phenoxy) is 1. The molecule has 2 rings (SSSR count). The van der Waals surface area contributed by atoms with E-state index in [2.05, 4.69) is 48.0 Å². The van der Waals surface area contributed by atoms with E-state index in [1.165, 1.54) is 16.7 Å². The Morgan fingerprint density at radius 2 is 1.90 bits per heavy atom. The Morgan fingerprint density at radius 1 is 1.15 bits per heavy atom. The first-order valence-corrected chi connectivity index (χ1v) is 7.50. The molecule has 0 bridgehead atoms. The molecule has 0 saturated carbocycles. The van der Waals surface area contributed by atoms with Gasteiger partial charge in [0.05, 0.1) is 0 Å². The highest BCUT2D eigenvalue weighted by atomic mass is 79.9. The molecule has 0 aromatic heterocycles. The average molecular weight is 334 g/mol. The summed E-state index contributed by atoms with van der Waals surface area (Å²) in [6.07, 6.45) is 0. The van der Waals surface area contributed by atoms with Crippen LogP contribution >= 0.6 is 15.9 Å². The second-order valence-electron chi connectivity index (χ2n) is 5.19. The molecular formula is C17H20BrNO. The molecule has 0 unspecified atom stereocenters. The van der Waals surface area contributed by atoms with Crippen LogP contribution in [0.4, 0.5) is 0 Å². The molecule has 106 valence electrons. The first-order valence-electron chi connectivity index (χ1n) is 6.71. The molecule has 0 amide bonds. The maximum atomic E-state index is 6.01. The molecule has 0 spiro atoms. The first-order chi connectivity index (χ1) is 9.47. The molecule has 3 heteroatoms. The fraction of sp³-hybridized carbons (Fsp3) is 0.294. The largest absolute Gasteiger partial charge is 0.489 e. The third-order valence-corrected chi connectivity index (χ3v) is 3.84. The number of aryl methyl sites for hydroxylation is 2. The summed E-state index contributed by atoms with van der Waals surface area (Å²) in [5, 5.41) is 0. The van der Waals surface area contributed by atoms with Gasteiger partial charge in [0, 0.05) is 16.1 Å². The minimum Gasteiger partial charge on any atom is -0.489 e. The highest BCUT2D eigenvalue weighted by Crippen LogP contribution is 2.28. The lowest BCUT2D eigenvalue weighted by Crippen LogP contribution is -2.08. The second-order valence-corrected chi connectivity index (χ2v) is 6.11.